The quantitative estimate of drug-likeness (QED) is 0.371. The predicted octanol–water partition coefficient (Wildman–Crippen LogP) is 6.31. The Morgan fingerprint density at radius 3 is 2.50 bits per heavy atom. The maximum Gasteiger partial charge on any atom is 0.573 e. The summed E-state index contributed by atoms with van der Waals surface area (Å²) in [5.74, 6) is 0.385. The summed E-state index contributed by atoms with van der Waals surface area (Å²) in [5.41, 5.74) is 1.91. The van der Waals surface area contributed by atoms with E-state index in [1.165, 1.54) is 12.1 Å². The van der Waals surface area contributed by atoms with Crippen molar-refractivity contribution < 1.29 is 27.4 Å². The van der Waals surface area contributed by atoms with Crippen LogP contribution in [0.15, 0.2) is 54.7 Å². The number of alkyl halides is 3. The Bertz CT molecular complexity index is 1160. The predicted molar refractivity (Wildman–Crippen MR) is 141 cm³/mol. The minimum Gasteiger partial charge on any atom is -0.466 e. The smallest absolute Gasteiger partial charge is 0.466 e. The first-order valence-corrected chi connectivity index (χ1v) is 12.8. The van der Waals surface area contributed by atoms with E-state index in [2.05, 4.69) is 59.3 Å². The van der Waals surface area contributed by atoms with Crippen molar-refractivity contribution in [1.82, 2.24) is 10.6 Å². The molecule has 0 radical (unpaired) electrons. The lowest BCUT2D eigenvalue weighted by Gasteiger charge is -2.48. The minimum atomic E-state index is -4.78. The van der Waals surface area contributed by atoms with Gasteiger partial charge in [-0.3, -0.25) is 0 Å². The van der Waals surface area contributed by atoms with Gasteiger partial charge < -0.3 is 30.3 Å². The molecule has 0 aromatic heterocycles. The average Bonchev–Trinajstić information content (AvgIpc) is 2.81. The number of hydrogen-bond donors (Lipinski definition) is 3. The van der Waals surface area contributed by atoms with Crippen molar-refractivity contribution in [3.05, 3.63) is 60.3 Å². The van der Waals surface area contributed by atoms with Crippen molar-refractivity contribution in [2.24, 2.45) is 5.41 Å². The molecule has 2 aromatic rings. The van der Waals surface area contributed by atoms with Gasteiger partial charge in [0.1, 0.15) is 11.5 Å². The first-order chi connectivity index (χ1) is 17.9. The summed E-state index contributed by atoms with van der Waals surface area (Å²) in [4.78, 5) is 15.3. The summed E-state index contributed by atoms with van der Waals surface area (Å²) in [5, 5.41) is 9.04. The molecule has 0 aliphatic carbocycles. The summed E-state index contributed by atoms with van der Waals surface area (Å²) in [6.07, 6.45) is 0.976. The van der Waals surface area contributed by atoms with Crippen LogP contribution in [-0.4, -0.2) is 37.2 Å². The van der Waals surface area contributed by atoms with Gasteiger partial charge in [-0.2, -0.15) is 0 Å². The van der Waals surface area contributed by atoms with Gasteiger partial charge in [0.15, 0.2) is 0 Å². The van der Waals surface area contributed by atoms with Crippen molar-refractivity contribution in [2.45, 2.75) is 65.1 Å². The van der Waals surface area contributed by atoms with E-state index in [-0.39, 0.29) is 11.2 Å². The van der Waals surface area contributed by atoms with Crippen LogP contribution in [0.5, 0.6) is 11.5 Å². The molecule has 2 aliphatic rings. The highest BCUT2D eigenvalue weighted by molar-refractivity contribution is 5.89. The van der Waals surface area contributed by atoms with Gasteiger partial charge in [-0.05, 0) is 61.4 Å². The number of ether oxygens (including phenoxy) is 2. The molecule has 4 rings (SSSR count). The zero-order valence-corrected chi connectivity index (χ0v) is 22.1. The minimum absolute atomic E-state index is 0.288. The van der Waals surface area contributed by atoms with Gasteiger partial charge in [-0.1, -0.05) is 39.3 Å². The topological polar surface area (TPSA) is 74.9 Å². The van der Waals surface area contributed by atoms with E-state index in [4.69, 9.17) is 4.74 Å². The lowest BCUT2D eigenvalue weighted by molar-refractivity contribution is -0.274. The van der Waals surface area contributed by atoms with Crippen LogP contribution >= 0.6 is 0 Å². The summed E-state index contributed by atoms with van der Waals surface area (Å²) in [6, 6.07) is 10.1. The molecule has 2 unspecified atom stereocenters. The molecular weight excluding hydrogens is 497 g/mol. The Morgan fingerprint density at radius 2 is 1.87 bits per heavy atom. The van der Waals surface area contributed by atoms with Crippen LogP contribution in [0.4, 0.5) is 29.3 Å². The fraction of sp³-hybridized carbons (Fsp3) is 0.464. The van der Waals surface area contributed by atoms with E-state index in [0.717, 1.165) is 48.6 Å². The fourth-order valence-corrected chi connectivity index (χ4v) is 5.11. The van der Waals surface area contributed by atoms with Crippen molar-refractivity contribution in [1.29, 1.82) is 0 Å². The lowest BCUT2D eigenvalue weighted by atomic mass is 9.83. The Kier molecular flexibility index (Phi) is 7.71. The monoisotopic (exact) mass is 532 g/mol. The number of nitrogens with zero attached hydrogens (tertiary/aromatic N) is 1. The molecular formula is C28H35F3N4O3. The van der Waals surface area contributed by atoms with E-state index in [1.807, 2.05) is 24.4 Å². The van der Waals surface area contributed by atoms with Crippen molar-refractivity contribution >= 4 is 17.4 Å². The third-order valence-corrected chi connectivity index (χ3v) is 6.78. The van der Waals surface area contributed by atoms with Gasteiger partial charge in [0.05, 0.1) is 6.04 Å². The molecule has 2 aromatic carbocycles. The third-order valence-electron chi connectivity index (χ3n) is 6.78. The Morgan fingerprint density at radius 1 is 1.16 bits per heavy atom. The summed E-state index contributed by atoms with van der Waals surface area (Å²) < 4.78 is 47.8. The second-order valence-electron chi connectivity index (χ2n) is 10.7. The molecule has 2 heterocycles. The molecule has 1 fully saturated rings. The first-order valence-electron chi connectivity index (χ1n) is 12.8. The molecule has 0 bridgehead atoms. The molecule has 0 spiro atoms. The van der Waals surface area contributed by atoms with Crippen LogP contribution < -0.4 is 30.3 Å². The van der Waals surface area contributed by atoms with Gasteiger partial charge in [0, 0.05) is 36.4 Å². The molecule has 7 nitrogen and oxygen atoms in total. The van der Waals surface area contributed by atoms with Gasteiger partial charge in [0.25, 0.3) is 0 Å². The summed E-state index contributed by atoms with van der Waals surface area (Å²) in [7, 11) is 0. The number of nitrogens with one attached hydrogen (secondary N) is 3. The van der Waals surface area contributed by atoms with Gasteiger partial charge >= 0.3 is 12.4 Å². The van der Waals surface area contributed by atoms with Crippen LogP contribution in [0.25, 0.3) is 0 Å². The lowest BCUT2D eigenvalue weighted by Crippen LogP contribution is -2.64. The van der Waals surface area contributed by atoms with Crippen molar-refractivity contribution in [2.75, 3.05) is 23.3 Å². The van der Waals surface area contributed by atoms with Crippen LogP contribution in [-0.2, 0) is 0 Å². The SMILES string of the molecule is CCCC1(Oc2cccc(N3CC(C)(C)C3)c2C)NC=CCC1NC(=O)Nc1ccc(OC(F)(F)F)cc1. The van der Waals surface area contributed by atoms with E-state index in [0.29, 0.717) is 18.5 Å². The molecule has 3 N–H and O–H groups in total. The molecule has 206 valence electrons. The van der Waals surface area contributed by atoms with E-state index in [1.54, 1.807) is 0 Å². The van der Waals surface area contributed by atoms with Crippen LogP contribution in [0.2, 0.25) is 0 Å². The van der Waals surface area contributed by atoms with Crippen LogP contribution in [0, 0.1) is 12.3 Å². The number of amides is 2. The molecule has 2 aliphatic heterocycles. The highest BCUT2D eigenvalue weighted by Crippen LogP contribution is 2.39. The second-order valence-corrected chi connectivity index (χ2v) is 10.7. The van der Waals surface area contributed by atoms with Gasteiger partial charge in [-0.25, -0.2) is 4.79 Å². The number of carbonyl (C=O) groups excluding carboxylic acids is 1. The molecule has 10 heteroatoms. The highest BCUT2D eigenvalue weighted by atomic mass is 19.4. The number of carbonyl (C=O) groups is 1. The van der Waals surface area contributed by atoms with Crippen LogP contribution in [0.1, 0.15) is 45.6 Å². The normalized spacial score (nSPS) is 22.2. The largest absolute Gasteiger partial charge is 0.573 e. The number of hydrogen-bond acceptors (Lipinski definition) is 5. The van der Waals surface area contributed by atoms with E-state index < -0.39 is 24.2 Å². The van der Waals surface area contributed by atoms with Crippen molar-refractivity contribution in [3.8, 4) is 11.5 Å². The van der Waals surface area contributed by atoms with Gasteiger partial charge in [-0.15, -0.1) is 13.2 Å². The molecule has 2 amide bonds. The fourth-order valence-electron chi connectivity index (χ4n) is 5.11. The van der Waals surface area contributed by atoms with Gasteiger partial charge in [0.2, 0.25) is 5.72 Å². The Hall–Kier alpha value is -3.56. The third kappa shape index (κ3) is 6.46. The summed E-state index contributed by atoms with van der Waals surface area (Å²) in [6.45, 7) is 10.6. The number of benzene rings is 2. The standard InChI is InChI=1S/C28H35F3N4O3/c1-5-15-27(38-23-9-6-8-22(19(23)2)35-17-26(3,4)18-35)24(10-7-16-32-27)34-25(36)33-20-11-13-21(14-12-20)37-28(29,30)31/h6-9,11-14,16,24,32H,5,10,15,17-18H2,1-4H3,(H2,33,34,36). The molecule has 0 saturated carbocycles. The average molecular weight is 533 g/mol. The maximum absolute atomic E-state index is 12.9. The summed E-state index contributed by atoms with van der Waals surface area (Å²) >= 11 is 0. The number of anilines is 2. The maximum atomic E-state index is 12.9. The first kappa shape index (κ1) is 27.5. The molecule has 2 atom stereocenters. The molecule has 1 saturated heterocycles. The number of urea groups is 1. The second kappa shape index (κ2) is 10.7. The Balaban J connectivity index is 1.48. The Labute approximate surface area is 221 Å². The van der Waals surface area contributed by atoms with E-state index >= 15 is 0 Å². The highest BCUT2D eigenvalue weighted by Gasteiger charge is 2.43. The van der Waals surface area contributed by atoms with Crippen LogP contribution in [0.3, 0.4) is 0 Å². The zero-order chi connectivity index (χ0) is 27.6. The van der Waals surface area contributed by atoms with E-state index in [9.17, 15) is 18.0 Å². The zero-order valence-electron chi connectivity index (χ0n) is 22.1. The van der Waals surface area contributed by atoms with Crippen molar-refractivity contribution in [3.63, 3.8) is 0 Å². The number of rotatable bonds is 8. The molecule has 38 heavy (non-hydrogen) atoms. The number of halogens is 3.